The van der Waals surface area contributed by atoms with Crippen LogP contribution in [0, 0.1) is 5.82 Å². The molecule has 0 spiro atoms. The van der Waals surface area contributed by atoms with E-state index in [2.05, 4.69) is 4.74 Å². The lowest BCUT2D eigenvalue weighted by atomic mass is 10.0. The Hall–Kier alpha value is -3.60. The van der Waals surface area contributed by atoms with E-state index in [1.165, 1.54) is 43.4 Å². The molecule has 2 aromatic carbocycles. The van der Waals surface area contributed by atoms with Crippen LogP contribution in [0.4, 0.5) is 14.9 Å². The smallest absolute Gasteiger partial charge is 0.412 e. The number of ether oxygens (including phenoxy) is 2. The summed E-state index contributed by atoms with van der Waals surface area (Å²) in [6, 6.07) is 7.93. The number of rotatable bonds is 7. The van der Waals surface area contributed by atoms with Crippen LogP contribution in [0.3, 0.4) is 0 Å². The molecule has 170 valence electrons. The number of hydrogen-bond acceptors (Lipinski definition) is 7. The number of esters is 1. The van der Waals surface area contributed by atoms with Gasteiger partial charge in [0.1, 0.15) is 28.5 Å². The molecule has 0 saturated heterocycles. The Morgan fingerprint density at radius 1 is 1.19 bits per heavy atom. The van der Waals surface area contributed by atoms with Gasteiger partial charge in [-0.2, -0.15) is 0 Å². The zero-order valence-electron chi connectivity index (χ0n) is 17.5. The van der Waals surface area contributed by atoms with Crippen LogP contribution in [-0.4, -0.2) is 40.4 Å². The average Bonchev–Trinajstić information content (AvgIpc) is 3.08. The van der Waals surface area contributed by atoms with E-state index >= 15 is 0 Å². The molecule has 0 unspecified atom stereocenters. The number of fused-ring (bicyclic) bond motifs is 1. The summed E-state index contributed by atoms with van der Waals surface area (Å²) in [5.41, 5.74) is 5.49. The largest absolute Gasteiger partial charge is 0.491 e. The van der Waals surface area contributed by atoms with Gasteiger partial charge in [-0.1, -0.05) is 6.92 Å². The van der Waals surface area contributed by atoms with Gasteiger partial charge in [-0.3, -0.25) is 4.31 Å². The SMILES string of the molecule is CCCOc1cc2c(C(=O)OC(N)=O)c(-c3ccc(F)cc3)oc2cc1N(C)S(C)(=O)=O. The molecule has 0 atom stereocenters. The molecule has 0 saturated carbocycles. The standard InChI is InChI=1S/C21H21FN2O7S/c1-4-9-29-17-10-14-16(11-15(17)24(2)32(3,27)28)30-19(12-5-7-13(22)8-6-12)18(14)20(25)31-21(23)26/h5-8,10-11H,4,9H2,1-3H3,(H2,23,26). The minimum atomic E-state index is -3.65. The lowest BCUT2D eigenvalue weighted by Gasteiger charge is -2.20. The van der Waals surface area contributed by atoms with E-state index < -0.39 is 27.9 Å². The molecule has 11 heteroatoms. The van der Waals surface area contributed by atoms with Gasteiger partial charge in [0, 0.05) is 24.1 Å². The van der Waals surface area contributed by atoms with Crippen LogP contribution >= 0.6 is 0 Å². The van der Waals surface area contributed by atoms with E-state index in [9.17, 15) is 22.4 Å². The number of carbonyl (C=O) groups is 2. The number of amides is 1. The third kappa shape index (κ3) is 4.67. The number of sulfonamides is 1. The minimum Gasteiger partial charge on any atom is -0.491 e. The predicted molar refractivity (Wildman–Crippen MR) is 116 cm³/mol. The van der Waals surface area contributed by atoms with Crippen LogP contribution in [0.2, 0.25) is 0 Å². The molecule has 0 aliphatic rings. The fourth-order valence-electron chi connectivity index (χ4n) is 3.01. The Bertz CT molecular complexity index is 1280. The van der Waals surface area contributed by atoms with Crippen molar-refractivity contribution in [3.05, 3.63) is 47.8 Å². The van der Waals surface area contributed by atoms with Crippen molar-refractivity contribution < 1.29 is 36.3 Å². The van der Waals surface area contributed by atoms with Gasteiger partial charge >= 0.3 is 12.1 Å². The first-order valence-corrected chi connectivity index (χ1v) is 11.3. The molecule has 0 fully saturated rings. The van der Waals surface area contributed by atoms with E-state index in [-0.39, 0.29) is 40.3 Å². The Kier molecular flexibility index (Phi) is 6.40. The molecule has 0 bridgehead atoms. The number of halogens is 1. The van der Waals surface area contributed by atoms with Gasteiger partial charge in [-0.25, -0.2) is 22.4 Å². The van der Waals surface area contributed by atoms with Crippen LogP contribution in [-0.2, 0) is 14.8 Å². The molecule has 0 radical (unpaired) electrons. The molecule has 3 rings (SSSR count). The topological polar surface area (TPSA) is 129 Å². The summed E-state index contributed by atoms with van der Waals surface area (Å²) in [5.74, 6) is -1.42. The summed E-state index contributed by atoms with van der Waals surface area (Å²) >= 11 is 0. The van der Waals surface area contributed by atoms with Crippen molar-refractivity contribution in [1.82, 2.24) is 0 Å². The Balaban J connectivity index is 2.32. The molecular weight excluding hydrogens is 443 g/mol. The number of primary amides is 1. The van der Waals surface area contributed by atoms with E-state index in [0.29, 0.717) is 12.0 Å². The van der Waals surface area contributed by atoms with Crippen LogP contribution in [0.1, 0.15) is 23.7 Å². The van der Waals surface area contributed by atoms with Crippen LogP contribution in [0.25, 0.3) is 22.3 Å². The molecule has 32 heavy (non-hydrogen) atoms. The maximum absolute atomic E-state index is 13.4. The molecule has 1 amide bonds. The van der Waals surface area contributed by atoms with Crippen LogP contribution in [0.15, 0.2) is 40.8 Å². The van der Waals surface area contributed by atoms with Gasteiger partial charge < -0.3 is 19.6 Å². The van der Waals surface area contributed by atoms with E-state index in [0.717, 1.165) is 10.6 Å². The van der Waals surface area contributed by atoms with E-state index in [1.807, 2.05) is 6.92 Å². The molecule has 0 aliphatic heterocycles. The first-order valence-electron chi connectivity index (χ1n) is 9.47. The number of anilines is 1. The van der Waals surface area contributed by atoms with Gasteiger partial charge in [0.25, 0.3) is 0 Å². The molecule has 3 aromatic rings. The molecule has 0 aliphatic carbocycles. The second kappa shape index (κ2) is 8.87. The molecule has 1 aromatic heterocycles. The third-order valence-corrected chi connectivity index (χ3v) is 5.76. The Morgan fingerprint density at radius 2 is 1.84 bits per heavy atom. The molecule has 2 N–H and O–H groups in total. The molecule has 9 nitrogen and oxygen atoms in total. The van der Waals surface area contributed by atoms with E-state index in [1.54, 1.807) is 0 Å². The second-order valence-corrected chi connectivity index (χ2v) is 8.93. The molecular formula is C21H21FN2O7S. The highest BCUT2D eigenvalue weighted by atomic mass is 32.2. The highest BCUT2D eigenvalue weighted by molar-refractivity contribution is 7.92. The number of nitrogens with two attached hydrogens (primary N) is 1. The van der Waals surface area contributed by atoms with Gasteiger partial charge in [-0.05, 0) is 36.8 Å². The van der Waals surface area contributed by atoms with E-state index in [4.69, 9.17) is 14.9 Å². The van der Waals surface area contributed by atoms with Gasteiger partial charge in [0.2, 0.25) is 10.0 Å². The summed E-state index contributed by atoms with van der Waals surface area (Å²) in [7, 11) is -2.30. The van der Waals surface area contributed by atoms with Gasteiger partial charge in [-0.15, -0.1) is 0 Å². The maximum atomic E-state index is 13.4. The maximum Gasteiger partial charge on any atom is 0.412 e. The zero-order chi connectivity index (χ0) is 23.6. The quantitative estimate of drug-likeness (QED) is 0.417. The Morgan fingerprint density at radius 3 is 2.41 bits per heavy atom. The number of benzene rings is 2. The van der Waals surface area contributed by atoms with Crippen molar-refractivity contribution in [2.24, 2.45) is 5.73 Å². The average molecular weight is 464 g/mol. The number of nitrogens with zero attached hydrogens (tertiary/aromatic N) is 1. The van der Waals surface area contributed by atoms with Gasteiger partial charge in [0.15, 0.2) is 0 Å². The van der Waals surface area contributed by atoms with Crippen molar-refractivity contribution in [3.63, 3.8) is 0 Å². The molecule has 1 heterocycles. The van der Waals surface area contributed by atoms with Crippen molar-refractivity contribution in [1.29, 1.82) is 0 Å². The van der Waals surface area contributed by atoms with Crippen molar-refractivity contribution in [2.75, 3.05) is 24.2 Å². The summed E-state index contributed by atoms with van der Waals surface area (Å²) < 4.78 is 54.8. The first-order chi connectivity index (χ1) is 15.0. The number of furan rings is 1. The fourth-order valence-corrected chi connectivity index (χ4v) is 3.51. The zero-order valence-corrected chi connectivity index (χ0v) is 18.4. The van der Waals surface area contributed by atoms with Crippen LogP contribution in [0.5, 0.6) is 5.75 Å². The normalized spacial score (nSPS) is 11.4. The summed E-state index contributed by atoms with van der Waals surface area (Å²) in [6.07, 6.45) is 0.357. The lowest BCUT2D eigenvalue weighted by Crippen LogP contribution is -2.25. The monoisotopic (exact) mass is 464 g/mol. The Labute approximate surface area is 183 Å². The third-order valence-electron chi connectivity index (χ3n) is 4.57. The first kappa shape index (κ1) is 23.1. The summed E-state index contributed by atoms with van der Waals surface area (Å²) in [4.78, 5) is 23.9. The van der Waals surface area contributed by atoms with Crippen molar-refractivity contribution >= 4 is 38.7 Å². The summed E-state index contributed by atoms with van der Waals surface area (Å²) in [6.45, 7) is 2.15. The van der Waals surface area contributed by atoms with Gasteiger partial charge in [0.05, 0.1) is 18.6 Å². The lowest BCUT2D eigenvalue weighted by molar-refractivity contribution is 0.0640. The minimum absolute atomic E-state index is 0.00755. The second-order valence-electron chi connectivity index (χ2n) is 6.92. The predicted octanol–water partition coefficient (Wildman–Crippen LogP) is 3.66. The highest BCUT2D eigenvalue weighted by Crippen LogP contribution is 2.41. The van der Waals surface area contributed by atoms with Crippen LogP contribution < -0.4 is 14.8 Å². The van der Waals surface area contributed by atoms with Crippen molar-refractivity contribution in [2.45, 2.75) is 13.3 Å². The fraction of sp³-hybridized carbons (Fsp3) is 0.238. The van der Waals surface area contributed by atoms with Crippen molar-refractivity contribution in [3.8, 4) is 17.1 Å². The summed E-state index contributed by atoms with van der Waals surface area (Å²) in [5, 5.41) is 0.201. The highest BCUT2D eigenvalue weighted by Gasteiger charge is 2.28. The number of carbonyl (C=O) groups excluding carboxylic acids is 2. The number of hydrogen-bond donors (Lipinski definition) is 1.